The van der Waals surface area contributed by atoms with E-state index in [0.29, 0.717) is 12.5 Å². The number of urea groups is 1. The van der Waals surface area contributed by atoms with Crippen LogP contribution in [0.25, 0.3) is 0 Å². The van der Waals surface area contributed by atoms with E-state index >= 15 is 0 Å². The van der Waals surface area contributed by atoms with Gasteiger partial charge in [-0.3, -0.25) is 0 Å². The van der Waals surface area contributed by atoms with Crippen molar-refractivity contribution in [3.8, 4) is 0 Å². The maximum Gasteiger partial charge on any atom is 0.323 e. The van der Waals surface area contributed by atoms with E-state index in [2.05, 4.69) is 30.5 Å². The Morgan fingerprint density at radius 1 is 1.05 bits per heavy atom. The molecule has 0 aliphatic heterocycles. The molecular formula is C17H21N3O. The van der Waals surface area contributed by atoms with Crippen molar-refractivity contribution >= 4 is 17.4 Å². The third kappa shape index (κ3) is 4.33. The number of nitrogens with two attached hydrogens (primary N) is 1. The lowest BCUT2D eigenvalue weighted by Gasteiger charge is -2.11. The minimum atomic E-state index is -0.259. The van der Waals surface area contributed by atoms with Gasteiger partial charge in [0.25, 0.3) is 0 Å². The number of hydrogen-bond donors (Lipinski definition) is 3. The van der Waals surface area contributed by atoms with Crippen LogP contribution in [0.15, 0.2) is 48.5 Å². The highest BCUT2D eigenvalue weighted by molar-refractivity contribution is 5.99. The number of carbonyl (C=O) groups excluding carboxylic acids is 1. The first-order valence-corrected chi connectivity index (χ1v) is 7.05. The third-order valence-electron chi connectivity index (χ3n) is 3.23. The predicted molar refractivity (Wildman–Crippen MR) is 87.5 cm³/mol. The number of amides is 2. The van der Waals surface area contributed by atoms with Crippen LogP contribution in [0.5, 0.6) is 0 Å². The van der Waals surface area contributed by atoms with E-state index in [9.17, 15) is 4.79 Å². The molecule has 110 valence electrons. The monoisotopic (exact) mass is 283 g/mol. The van der Waals surface area contributed by atoms with Crippen LogP contribution in [-0.4, -0.2) is 6.03 Å². The minimum Gasteiger partial charge on any atom is -0.326 e. The largest absolute Gasteiger partial charge is 0.326 e. The second-order valence-corrected chi connectivity index (χ2v) is 5.26. The van der Waals surface area contributed by atoms with Crippen LogP contribution in [0.2, 0.25) is 0 Å². The van der Waals surface area contributed by atoms with Gasteiger partial charge >= 0.3 is 6.03 Å². The van der Waals surface area contributed by atoms with Crippen molar-refractivity contribution in [3.05, 3.63) is 59.7 Å². The Hall–Kier alpha value is -2.33. The smallest absolute Gasteiger partial charge is 0.323 e. The summed E-state index contributed by atoms with van der Waals surface area (Å²) in [6, 6.07) is 15.1. The molecule has 21 heavy (non-hydrogen) atoms. The Labute approximate surface area is 125 Å². The zero-order chi connectivity index (χ0) is 15.2. The predicted octanol–water partition coefficient (Wildman–Crippen LogP) is 3.91. The Kier molecular flexibility index (Phi) is 4.95. The highest BCUT2D eigenvalue weighted by Gasteiger charge is 2.05. The topological polar surface area (TPSA) is 67.2 Å². The Bertz CT molecular complexity index is 623. The summed E-state index contributed by atoms with van der Waals surface area (Å²) in [5.74, 6) is 0.427. The van der Waals surface area contributed by atoms with Gasteiger partial charge in [0.15, 0.2) is 0 Å². The number of carbonyl (C=O) groups is 1. The van der Waals surface area contributed by atoms with Crippen molar-refractivity contribution in [2.24, 2.45) is 5.73 Å². The molecule has 0 aliphatic rings. The van der Waals surface area contributed by atoms with Gasteiger partial charge in [0.2, 0.25) is 0 Å². The second kappa shape index (κ2) is 6.90. The first kappa shape index (κ1) is 15.1. The fraction of sp³-hybridized carbons (Fsp3) is 0.235. The molecule has 0 aromatic heterocycles. The molecule has 4 heteroatoms. The van der Waals surface area contributed by atoms with Gasteiger partial charge in [0.05, 0.1) is 0 Å². The number of benzene rings is 2. The minimum absolute atomic E-state index is 0.259. The lowest BCUT2D eigenvalue weighted by atomic mass is 10.0. The molecule has 0 unspecified atom stereocenters. The van der Waals surface area contributed by atoms with Crippen LogP contribution in [-0.2, 0) is 6.54 Å². The van der Waals surface area contributed by atoms with Crippen molar-refractivity contribution < 1.29 is 4.79 Å². The highest BCUT2D eigenvalue weighted by Crippen LogP contribution is 2.19. The van der Waals surface area contributed by atoms with E-state index in [1.807, 2.05) is 42.5 Å². The van der Waals surface area contributed by atoms with Crippen molar-refractivity contribution in [3.63, 3.8) is 0 Å². The van der Waals surface area contributed by atoms with Crippen LogP contribution in [0.3, 0.4) is 0 Å². The molecule has 4 nitrogen and oxygen atoms in total. The molecule has 0 saturated carbocycles. The molecule has 0 bridgehead atoms. The molecule has 0 spiro atoms. The molecule has 0 saturated heterocycles. The van der Waals surface area contributed by atoms with Gasteiger partial charge in [-0.15, -0.1) is 0 Å². The van der Waals surface area contributed by atoms with Crippen LogP contribution in [0, 0.1) is 0 Å². The van der Waals surface area contributed by atoms with Gasteiger partial charge in [0.1, 0.15) is 0 Å². The molecule has 0 radical (unpaired) electrons. The Balaban J connectivity index is 2.02. The summed E-state index contributed by atoms with van der Waals surface area (Å²) >= 11 is 0. The van der Waals surface area contributed by atoms with E-state index in [4.69, 9.17) is 5.73 Å². The van der Waals surface area contributed by atoms with Gasteiger partial charge in [-0.2, -0.15) is 0 Å². The number of nitrogens with one attached hydrogen (secondary N) is 2. The first-order valence-electron chi connectivity index (χ1n) is 7.05. The van der Waals surface area contributed by atoms with Gasteiger partial charge in [-0.25, -0.2) is 4.79 Å². The standard InChI is InChI=1S/C17H21N3O/c1-12(2)14-6-4-8-16(10-14)20-17(21)19-15-7-3-5-13(9-15)11-18/h3-10,12H,11,18H2,1-2H3,(H2,19,20,21). The van der Waals surface area contributed by atoms with Crippen molar-refractivity contribution in [2.45, 2.75) is 26.3 Å². The molecule has 0 fully saturated rings. The van der Waals surface area contributed by atoms with Crippen molar-refractivity contribution in [1.82, 2.24) is 0 Å². The lowest BCUT2D eigenvalue weighted by Crippen LogP contribution is -2.19. The fourth-order valence-electron chi connectivity index (χ4n) is 2.05. The van der Waals surface area contributed by atoms with Gasteiger partial charge in [-0.05, 0) is 41.3 Å². The quantitative estimate of drug-likeness (QED) is 0.796. The summed E-state index contributed by atoms with van der Waals surface area (Å²) in [7, 11) is 0. The number of anilines is 2. The summed E-state index contributed by atoms with van der Waals surface area (Å²) in [6.45, 7) is 4.70. The average Bonchev–Trinajstić information content (AvgIpc) is 2.47. The average molecular weight is 283 g/mol. The molecule has 2 rings (SSSR count). The van der Waals surface area contributed by atoms with Crippen LogP contribution in [0.1, 0.15) is 30.9 Å². The highest BCUT2D eigenvalue weighted by atomic mass is 16.2. The van der Waals surface area contributed by atoms with E-state index in [1.165, 1.54) is 5.56 Å². The summed E-state index contributed by atoms with van der Waals surface area (Å²) in [5, 5.41) is 5.65. The molecule has 2 aromatic rings. The molecule has 2 amide bonds. The molecule has 0 atom stereocenters. The zero-order valence-corrected chi connectivity index (χ0v) is 12.4. The van der Waals surface area contributed by atoms with Gasteiger partial charge < -0.3 is 16.4 Å². The van der Waals surface area contributed by atoms with Gasteiger partial charge in [0, 0.05) is 17.9 Å². The molecular weight excluding hydrogens is 262 g/mol. The summed E-state index contributed by atoms with van der Waals surface area (Å²) in [4.78, 5) is 12.0. The van der Waals surface area contributed by atoms with E-state index in [-0.39, 0.29) is 6.03 Å². The summed E-state index contributed by atoms with van der Waals surface area (Å²) in [6.07, 6.45) is 0. The number of rotatable bonds is 4. The number of hydrogen-bond acceptors (Lipinski definition) is 2. The molecule has 2 aromatic carbocycles. The van der Waals surface area contributed by atoms with Gasteiger partial charge in [-0.1, -0.05) is 38.1 Å². The third-order valence-corrected chi connectivity index (χ3v) is 3.23. The lowest BCUT2D eigenvalue weighted by molar-refractivity contribution is 0.262. The van der Waals surface area contributed by atoms with Crippen molar-refractivity contribution in [2.75, 3.05) is 10.6 Å². The molecule has 0 heterocycles. The summed E-state index contributed by atoms with van der Waals surface area (Å²) in [5.41, 5.74) is 9.28. The van der Waals surface area contributed by atoms with Crippen LogP contribution in [0.4, 0.5) is 16.2 Å². The molecule has 4 N–H and O–H groups in total. The van der Waals surface area contributed by atoms with E-state index < -0.39 is 0 Å². The zero-order valence-electron chi connectivity index (χ0n) is 12.4. The maximum atomic E-state index is 12.0. The second-order valence-electron chi connectivity index (χ2n) is 5.26. The Morgan fingerprint density at radius 3 is 2.29 bits per heavy atom. The molecule has 0 aliphatic carbocycles. The fourth-order valence-corrected chi connectivity index (χ4v) is 2.05. The van der Waals surface area contributed by atoms with E-state index in [1.54, 1.807) is 0 Å². The van der Waals surface area contributed by atoms with Crippen molar-refractivity contribution in [1.29, 1.82) is 0 Å². The maximum absolute atomic E-state index is 12.0. The Morgan fingerprint density at radius 2 is 1.67 bits per heavy atom. The van der Waals surface area contributed by atoms with Crippen LogP contribution < -0.4 is 16.4 Å². The first-order chi connectivity index (χ1) is 10.1. The van der Waals surface area contributed by atoms with E-state index in [0.717, 1.165) is 16.9 Å². The normalized spacial score (nSPS) is 10.5. The summed E-state index contributed by atoms with van der Waals surface area (Å²) < 4.78 is 0. The van der Waals surface area contributed by atoms with Crippen LogP contribution >= 0.6 is 0 Å². The SMILES string of the molecule is CC(C)c1cccc(NC(=O)Nc2cccc(CN)c2)c1.